The average Bonchev–Trinajstić information content (AvgIpc) is 2.65. The Morgan fingerprint density at radius 2 is 1.89 bits per heavy atom. The van der Waals surface area contributed by atoms with Crippen LogP contribution in [0, 0.1) is 10.1 Å². The molecule has 1 amide bonds. The highest BCUT2D eigenvalue weighted by molar-refractivity contribution is 6.02. The van der Waals surface area contributed by atoms with E-state index in [0.717, 1.165) is 0 Å². The number of nitrogens with zero attached hydrogens (tertiary/aromatic N) is 2. The number of nitro benzene ring substituents is 1. The Hall–Kier alpha value is -4.01. The second-order valence-electron chi connectivity index (χ2n) is 5.61. The number of carbonyl (C=O) groups is 1. The molecule has 9 heteroatoms. The normalized spacial score (nSPS) is 11.4. The number of rotatable bonds is 4. The molecule has 0 aliphatic carbocycles. The van der Waals surface area contributed by atoms with Crippen molar-refractivity contribution in [3.8, 4) is 5.75 Å². The molecule has 136 valence electrons. The average molecular weight is 367 g/mol. The van der Waals surface area contributed by atoms with Crippen LogP contribution in [0.5, 0.6) is 5.75 Å². The largest absolute Gasteiger partial charge is 0.508 e. The molecule has 3 aromatic rings. The standard InChI is InChI=1S/C18H13N3O6/c1-10(15-8-12-4-7-14(22)9-16(12)27-18(15)24)19-20-17(23)11-2-5-13(6-3-11)21(25)26/h2-9,22H,1H3,(H,20,23)/b19-10+. The van der Waals surface area contributed by atoms with Gasteiger partial charge < -0.3 is 9.52 Å². The first kappa shape index (κ1) is 17.8. The third-order valence-corrected chi connectivity index (χ3v) is 3.77. The molecule has 2 N–H and O–H groups in total. The minimum atomic E-state index is -0.668. The van der Waals surface area contributed by atoms with E-state index in [1.165, 1.54) is 49.4 Å². The van der Waals surface area contributed by atoms with Gasteiger partial charge in [-0.3, -0.25) is 14.9 Å². The lowest BCUT2D eigenvalue weighted by Crippen LogP contribution is -2.21. The Morgan fingerprint density at radius 1 is 1.19 bits per heavy atom. The molecular weight excluding hydrogens is 354 g/mol. The van der Waals surface area contributed by atoms with Gasteiger partial charge in [0, 0.05) is 29.1 Å². The predicted octanol–water partition coefficient (Wildman–Crippen LogP) is 2.56. The molecular formula is C18H13N3O6. The molecule has 9 nitrogen and oxygen atoms in total. The van der Waals surface area contributed by atoms with Gasteiger partial charge in [-0.25, -0.2) is 10.2 Å². The summed E-state index contributed by atoms with van der Waals surface area (Å²) in [5.41, 5.74) is 2.26. The van der Waals surface area contributed by atoms with E-state index in [1.807, 2.05) is 0 Å². The van der Waals surface area contributed by atoms with Crippen molar-refractivity contribution in [3.63, 3.8) is 0 Å². The van der Waals surface area contributed by atoms with Gasteiger partial charge in [-0.15, -0.1) is 0 Å². The van der Waals surface area contributed by atoms with Crippen molar-refractivity contribution in [1.29, 1.82) is 0 Å². The summed E-state index contributed by atoms with van der Waals surface area (Å²) in [5.74, 6) is -0.613. The second kappa shape index (κ2) is 7.08. The first-order valence-corrected chi connectivity index (χ1v) is 7.71. The molecule has 0 unspecified atom stereocenters. The quantitative estimate of drug-likeness (QED) is 0.315. The van der Waals surface area contributed by atoms with Crippen LogP contribution < -0.4 is 11.1 Å². The summed E-state index contributed by atoms with van der Waals surface area (Å²) in [6, 6.07) is 10.9. The third kappa shape index (κ3) is 3.82. The van der Waals surface area contributed by atoms with Crippen molar-refractivity contribution in [1.82, 2.24) is 5.43 Å². The first-order valence-electron chi connectivity index (χ1n) is 7.71. The first-order chi connectivity index (χ1) is 12.8. The molecule has 1 aromatic heterocycles. The summed E-state index contributed by atoms with van der Waals surface area (Å²) >= 11 is 0. The zero-order valence-electron chi connectivity index (χ0n) is 14.0. The second-order valence-corrected chi connectivity index (χ2v) is 5.61. The Labute approximate surface area is 151 Å². The van der Waals surface area contributed by atoms with Crippen LogP contribution in [0.15, 0.2) is 62.8 Å². The van der Waals surface area contributed by atoms with Gasteiger partial charge in [-0.2, -0.15) is 5.10 Å². The Balaban J connectivity index is 1.83. The van der Waals surface area contributed by atoms with Crippen LogP contribution in [0.4, 0.5) is 5.69 Å². The molecule has 0 radical (unpaired) electrons. The zero-order chi connectivity index (χ0) is 19.6. The van der Waals surface area contributed by atoms with Gasteiger partial charge in [-0.1, -0.05) is 0 Å². The maximum atomic E-state index is 12.1. The molecule has 0 atom stereocenters. The smallest absolute Gasteiger partial charge is 0.345 e. The van der Waals surface area contributed by atoms with Gasteiger partial charge in [-0.05, 0) is 37.3 Å². The number of hydrogen-bond acceptors (Lipinski definition) is 7. The van der Waals surface area contributed by atoms with E-state index in [-0.39, 0.29) is 33.9 Å². The number of phenolic OH excluding ortho intramolecular Hbond substituents is 1. The number of hydrogen-bond donors (Lipinski definition) is 2. The van der Waals surface area contributed by atoms with Crippen molar-refractivity contribution in [3.05, 3.63) is 80.2 Å². The molecule has 0 spiro atoms. The number of amides is 1. The molecule has 0 fully saturated rings. The number of hydrazone groups is 1. The van der Waals surface area contributed by atoms with Gasteiger partial charge in [0.1, 0.15) is 11.3 Å². The summed E-state index contributed by atoms with van der Waals surface area (Å²) < 4.78 is 5.15. The zero-order valence-corrected chi connectivity index (χ0v) is 14.0. The molecule has 1 heterocycles. The van der Waals surface area contributed by atoms with Crippen LogP contribution in [0.25, 0.3) is 11.0 Å². The van der Waals surface area contributed by atoms with Crippen LogP contribution >= 0.6 is 0 Å². The number of nitrogens with one attached hydrogen (secondary N) is 1. The van der Waals surface area contributed by atoms with Crippen LogP contribution in [-0.4, -0.2) is 21.6 Å². The monoisotopic (exact) mass is 367 g/mol. The number of non-ortho nitro benzene ring substituents is 1. The molecule has 2 aromatic carbocycles. The Kier molecular flexibility index (Phi) is 4.67. The van der Waals surface area contributed by atoms with Crippen molar-refractivity contribution >= 4 is 28.3 Å². The van der Waals surface area contributed by atoms with E-state index in [9.17, 15) is 24.8 Å². The summed E-state index contributed by atoms with van der Waals surface area (Å²) in [6.07, 6.45) is 0. The molecule has 0 saturated heterocycles. The Morgan fingerprint density at radius 3 is 2.56 bits per heavy atom. The van der Waals surface area contributed by atoms with E-state index in [2.05, 4.69) is 10.5 Å². The fourth-order valence-electron chi connectivity index (χ4n) is 2.35. The van der Waals surface area contributed by atoms with E-state index < -0.39 is 16.5 Å². The number of benzene rings is 2. The number of aromatic hydroxyl groups is 1. The van der Waals surface area contributed by atoms with Crippen molar-refractivity contribution < 1.29 is 19.2 Å². The van der Waals surface area contributed by atoms with Crippen LogP contribution in [0.2, 0.25) is 0 Å². The maximum absolute atomic E-state index is 12.1. The fraction of sp³-hybridized carbons (Fsp3) is 0.0556. The topological polar surface area (TPSA) is 135 Å². The number of phenols is 1. The van der Waals surface area contributed by atoms with Gasteiger partial charge in [0.2, 0.25) is 0 Å². The summed E-state index contributed by atoms with van der Waals surface area (Å²) in [5, 5.41) is 24.5. The lowest BCUT2D eigenvalue weighted by molar-refractivity contribution is -0.384. The van der Waals surface area contributed by atoms with E-state index >= 15 is 0 Å². The summed E-state index contributed by atoms with van der Waals surface area (Å²) in [4.78, 5) is 34.2. The SMILES string of the molecule is C/C(=N\NC(=O)c1ccc([N+](=O)[O-])cc1)c1cc2ccc(O)cc2oc1=O. The third-order valence-electron chi connectivity index (χ3n) is 3.77. The van der Waals surface area contributed by atoms with Gasteiger partial charge in [0.15, 0.2) is 0 Å². The lowest BCUT2D eigenvalue weighted by Gasteiger charge is -2.04. The van der Waals surface area contributed by atoms with E-state index in [0.29, 0.717) is 5.39 Å². The lowest BCUT2D eigenvalue weighted by atomic mass is 10.1. The van der Waals surface area contributed by atoms with Crippen LogP contribution in [-0.2, 0) is 0 Å². The molecule has 0 aliphatic heterocycles. The van der Waals surface area contributed by atoms with Gasteiger partial charge in [0.05, 0.1) is 16.2 Å². The molecule has 3 rings (SSSR count). The number of carbonyl (C=O) groups excluding carboxylic acids is 1. The van der Waals surface area contributed by atoms with E-state index in [1.54, 1.807) is 6.07 Å². The van der Waals surface area contributed by atoms with Gasteiger partial charge in [0.25, 0.3) is 11.6 Å². The summed E-state index contributed by atoms with van der Waals surface area (Å²) in [7, 11) is 0. The highest BCUT2D eigenvalue weighted by Gasteiger charge is 2.11. The fourth-order valence-corrected chi connectivity index (χ4v) is 2.35. The van der Waals surface area contributed by atoms with Crippen molar-refractivity contribution in [2.45, 2.75) is 6.92 Å². The van der Waals surface area contributed by atoms with Gasteiger partial charge >= 0.3 is 5.63 Å². The molecule has 0 saturated carbocycles. The van der Waals surface area contributed by atoms with Crippen LogP contribution in [0.3, 0.4) is 0 Å². The highest BCUT2D eigenvalue weighted by Crippen LogP contribution is 2.19. The molecule has 0 aliphatic rings. The predicted molar refractivity (Wildman–Crippen MR) is 96.9 cm³/mol. The van der Waals surface area contributed by atoms with E-state index in [4.69, 9.17) is 4.42 Å². The van der Waals surface area contributed by atoms with Crippen molar-refractivity contribution in [2.24, 2.45) is 5.10 Å². The summed E-state index contributed by atoms with van der Waals surface area (Å²) in [6.45, 7) is 1.52. The number of nitro groups is 1. The van der Waals surface area contributed by atoms with Crippen LogP contribution in [0.1, 0.15) is 22.8 Å². The highest BCUT2D eigenvalue weighted by atomic mass is 16.6. The minimum absolute atomic E-state index is 0.0286. The maximum Gasteiger partial charge on any atom is 0.345 e. The van der Waals surface area contributed by atoms with Crippen molar-refractivity contribution in [2.75, 3.05) is 0 Å². The molecule has 0 bridgehead atoms. The Bertz CT molecular complexity index is 1130. The number of fused-ring (bicyclic) bond motifs is 1. The molecule has 27 heavy (non-hydrogen) atoms. The minimum Gasteiger partial charge on any atom is -0.508 e.